The van der Waals surface area contributed by atoms with E-state index in [2.05, 4.69) is 25.7 Å². The average Bonchev–Trinajstić information content (AvgIpc) is 2.53. The summed E-state index contributed by atoms with van der Waals surface area (Å²) >= 11 is 0. The normalized spacial score (nSPS) is 10.4. The Hall–Kier alpha value is -2.25. The number of nitrogens with two attached hydrogens (primary N) is 1. The Morgan fingerprint density at radius 2 is 2.10 bits per heavy atom. The van der Waals surface area contributed by atoms with Crippen molar-refractivity contribution in [2.75, 3.05) is 23.9 Å². The number of pyridine rings is 1. The van der Waals surface area contributed by atoms with Gasteiger partial charge in [0.05, 0.1) is 0 Å². The van der Waals surface area contributed by atoms with Gasteiger partial charge in [-0.2, -0.15) is 0 Å². The smallest absolute Gasteiger partial charge is 0.158 e. The minimum Gasteiger partial charge on any atom is -0.374 e. The van der Waals surface area contributed by atoms with Crippen LogP contribution in [-0.4, -0.2) is 28.1 Å². The molecule has 2 aromatic rings. The predicted molar refractivity (Wildman–Crippen MR) is 81.6 cm³/mol. The second-order valence-electron chi connectivity index (χ2n) is 4.33. The first-order chi connectivity index (χ1) is 10.3. The van der Waals surface area contributed by atoms with Crippen molar-refractivity contribution in [3.8, 4) is 0 Å². The fourth-order valence-electron chi connectivity index (χ4n) is 1.78. The van der Waals surface area contributed by atoms with Crippen LogP contribution >= 0.6 is 0 Å². The zero-order chi connectivity index (χ0) is 14.9. The van der Waals surface area contributed by atoms with Crippen LogP contribution in [0.4, 0.5) is 11.6 Å². The second kappa shape index (κ2) is 8.13. The van der Waals surface area contributed by atoms with E-state index >= 15 is 0 Å². The summed E-state index contributed by atoms with van der Waals surface area (Å²) in [7, 11) is 0. The molecule has 0 bridgehead atoms. The van der Waals surface area contributed by atoms with Crippen LogP contribution in [0.15, 0.2) is 30.5 Å². The number of nitrogens with zero attached hydrogens (tertiary/aromatic N) is 3. The number of nitrogen functional groups attached to an aromatic ring is 1. The molecule has 112 valence electrons. The fraction of sp³-hybridized carbons (Fsp3) is 0.357. The van der Waals surface area contributed by atoms with Crippen molar-refractivity contribution in [3.05, 3.63) is 42.0 Å². The minimum absolute atomic E-state index is 0.362. The first-order valence-corrected chi connectivity index (χ1v) is 6.88. The molecule has 2 aromatic heterocycles. The van der Waals surface area contributed by atoms with Crippen LogP contribution in [0.3, 0.4) is 0 Å². The van der Waals surface area contributed by atoms with Gasteiger partial charge in [-0.15, -0.1) is 0 Å². The predicted octanol–water partition coefficient (Wildman–Crippen LogP) is 1.35. The highest BCUT2D eigenvalue weighted by Gasteiger charge is 2.04. The largest absolute Gasteiger partial charge is 0.374 e. The van der Waals surface area contributed by atoms with E-state index in [1.807, 2.05) is 25.1 Å². The van der Waals surface area contributed by atoms with Gasteiger partial charge in [0.15, 0.2) is 5.82 Å². The molecule has 2 rings (SSSR count). The highest BCUT2D eigenvalue weighted by Crippen LogP contribution is 2.11. The molecule has 0 saturated heterocycles. The van der Waals surface area contributed by atoms with Gasteiger partial charge in [-0.1, -0.05) is 6.07 Å². The number of anilines is 2. The topological polar surface area (TPSA) is 98.0 Å². The zero-order valence-corrected chi connectivity index (χ0v) is 12.0. The molecular weight excluding hydrogens is 268 g/mol. The average molecular weight is 288 g/mol. The third-order valence-corrected chi connectivity index (χ3v) is 2.77. The maximum Gasteiger partial charge on any atom is 0.158 e. The van der Waals surface area contributed by atoms with Gasteiger partial charge in [0.1, 0.15) is 18.2 Å². The van der Waals surface area contributed by atoms with Gasteiger partial charge in [0.2, 0.25) is 0 Å². The van der Waals surface area contributed by atoms with Crippen LogP contribution in [0.5, 0.6) is 0 Å². The number of hydrazine groups is 1. The summed E-state index contributed by atoms with van der Waals surface area (Å²) in [6.07, 6.45) is 2.60. The first kappa shape index (κ1) is 15.1. The fourth-order valence-corrected chi connectivity index (χ4v) is 1.78. The Balaban J connectivity index is 1.95. The molecule has 0 atom stereocenters. The van der Waals surface area contributed by atoms with E-state index in [4.69, 9.17) is 10.6 Å². The molecule has 7 heteroatoms. The van der Waals surface area contributed by atoms with Gasteiger partial charge in [0.25, 0.3) is 0 Å². The molecule has 0 saturated carbocycles. The van der Waals surface area contributed by atoms with Crippen molar-refractivity contribution in [3.63, 3.8) is 0 Å². The lowest BCUT2D eigenvalue weighted by Gasteiger charge is -2.09. The van der Waals surface area contributed by atoms with E-state index in [9.17, 15) is 0 Å². The Morgan fingerprint density at radius 1 is 1.24 bits per heavy atom. The number of hydrogen-bond acceptors (Lipinski definition) is 7. The molecule has 0 amide bonds. The van der Waals surface area contributed by atoms with Gasteiger partial charge in [-0.3, -0.25) is 4.98 Å². The molecule has 0 spiro atoms. The summed E-state index contributed by atoms with van der Waals surface area (Å²) in [4.78, 5) is 12.9. The Kier molecular flexibility index (Phi) is 5.86. The van der Waals surface area contributed by atoms with Crippen molar-refractivity contribution in [1.82, 2.24) is 15.0 Å². The molecule has 0 radical (unpaired) electrons. The molecule has 21 heavy (non-hydrogen) atoms. The molecule has 7 nitrogen and oxygen atoms in total. The third kappa shape index (κ3) is 4.97. The number of ether oxygens (including phenoxy) is 1. The summed E-state index contributed by atoms with van der Waals surface area (Å²) in [5.41, 5.74) is 3.57. The molecule has 0 aliphatic heterocycles. The van der Waals surface area contributed by atoms with Crippen LogP contribution < -0.4 is 16.6 Å². The van der Waals surface area contributed by atoms with Gasteiger partial charge < -0.3 is 15.5 Å². The van der Waals surface area contributed by atoms with Crippen molar-refractivity contribution in [1.29, 1.82) is 0 Å². The lowest BCUT2D eigenvalue weighted by Crippen LogP contribution is -2.14. The number of rotatable bonds is 8. The van der Waals surface area contributed by atoms with Gasteiger partial charge in [0, 0.05) is 37.5 Å². The summed E-state index contributed by atoms with van der Waals surface area (Å²) in [5, 5.41) is 3.24. The van der Waals surface area contributed by atoms with Crippen molar-refractivity contribution in [2.45, 2.75) is 20.0 Å². The Bertz CT molecular complexity index is 548. The molecule has 2 heterocycles. The highest BCUT2D eigenvalue weighted by molar-refractivity contribution is 5.46. The standard InChI is InChI=1S/C14H20N6O/c1-2-21-10-14-18-12(9-13(19-14)20-15)17-8-6-11-5-3-4-7-16-11/h3-5,7,9H,2,6,8,10,15H2,1H3,(H2,17,18,19,20). The highest BCUT2D eigenvalue weighted by atomic mass is 16.5. The first-order valence-electron chi connectivity index (χ1n) is 6.88. The quantitative estimate of drug-likeness (QED) is 0.498. The molecule has 0 aliphatic rings. The van der Waals surface area contributed by atoms with Crippen LogP contribution in [0, 0.1) is 0 Å². The molecular formula is C14H20N6O. The Labute approximate surface area is 123 Å². The molecule has 4 N–H and O–H groups in total. The lowest BCUT2D eigenvalue weighted by molar-refractivity contribution is 0.128. The summed E-state index contributed by atoms with van der Waals surface area (Å²) in [6.45, 7) is 3.64. The summed E-state index contributed by atoms with van der Waals surface area (Å²) in [6, 6.07) is 7.63. The van der Waals surface area contributed by atoms with Crippen molar-refractivity contribution >= 4 is 11.6 Å². The molecule has 0 unspecified atom stereocenters. The van der Waals surface area contributed by atoms with Crippen LogP contribution in [0.1, 0.15) is 18.4 Å². The van der Waals surface area contributed by atoms with Gasteiger partial charge in [-0.05, 0) is 19.1 Å². The van der Waals surface area contributed by atoms with E-state index < -0.39 is 0 Å². The van der Waals surface area contributed by atoms with E-state index in [-0.39, 0.29) is 0 Å². The van der Waals surface area contributed by atoms with E-state index in [1.54, 1.807) is 12.3 Å². The minimum atomic E-state index is 0.362. The second-order valence-corrected chi connectivity index (χ2v) is 4.33. The van der Waals surface area contributed by atoms with Crippen molar-refractivity contribution < 1.29 is 4.74 Å². The maximum absolute atomic E-state index is 5.42. The number of nitrogens with one attached hydrogen (secondary N) is 2. The Morgan fingerprint density at radius 3 is 2.81 bits per heavy atom. The monoisotopic (exact) mass is 288 g/mol. The number of aromatic nitrogens is 3. The maximum atomic E-state index is 5.42. The number of hydrogen-bond donors (Lipinski definition) is 3. The zero-order valence-electron chi connectivity index (χ0n) is 12.0. The van der Waals surface area contributed by atoms with Crippen LogP contribution in [0.2, 0.25) is 0 Å². The summed E-state index contributed by atoms with van der Waals surface area (Å²) in [5.74, 6) is 7.27. The molecule has 0 fully saturated rings. The van der Waals surface area contributed by atoms with Gasteiger partial charge in [-0.25, -0.2) is 15.8 Å². The third-order valence-electron chi connectivity index (χ3n) is 2.77. The van der Waals surface area contributed by atoms with Crippen molar-refractivity contribution in [2.24, 2.45) is 5.84 Å². The van der Waals surface area contributed by atoms with Crippen LogP contribution in [0.25, 0.3) is 0 Å². The van der Waals surface area contributed by atoms with Gasteiger partial charge >= 0.3 is 0 Å². The molecule has 0 aliphatic carbocycles. The lowest BCUT2D eigenvalue weighted by atomic mass is 10.3. The summed E-state index contributed by atoms with van der Waals surface area (Å²) < 4.78 is 5.32. The van der Waals surface area contributed by atoms with Crippen LogP contribution in [-0.2, 0) is 17.8 Å². The molecule has 0 aromatic carbocycles. The SMILES string of the molecule is CCOCc1nc(NN)cc(NCCc2ccccn2)n1. The van der Waals surface area contributed by atoms with E-state index in [1.165, 1.54) is 0 Å². The van der Waals surface area contributed by atoms with E-state index in [0.29, 0.717) is 30.7 Å². The van der Waals surface area contributed by atoms with E-state index in [0.717, 1.165) is 18.7 Å².